The second-order valence-corrected chi connectivity index (χ2v) is 7.59. The van der Waals surface area contributed by atoms with Crippen molar-refractivity contribution in [3.05, 3.63) is 83.4 Å². The Kier molecular flexibility index (Phi) is 4.09. The van der Waals surface area contributed by atoms with Crippen LogP contribution in [0.3, 0.4) is 0 Å². The molecule has 2 nitrogen and oxygen atoms in total. The lowest BCUT2D eigenvalue weighted by atomic mass is 9.98. The van der Waals surface area contributed by atoms with Crippen molar-refractivity contribution in [2.45, 2.75) is 13.8 Å². The van der Waals surface area contributed by atoms with Crippen molar-refractivity contribution in [3.63, 3.8) is 0 Å². The van der Waals surface area contributed by atoms with Crippen LogP contribution >= 0.6 is 11.3 Å². The Morgan fingerprint density at radius 3 is 1.96 bits per heavy atom. The lowest BCUT2D eigenvalue weighted by Gasteiger charge is -2.07. The van der Waals surface area contributed by atoms with Crippen LogP contribution in [-0.2, 0) is 0 Å². The van der Waals surface area contributed by atoms with Gasteiger partial charge in [-0.25, -0.2) is 4.79 Å². The molecule has 128 valence electrons. The van der Waals surface area contributed by atoms with E-state index < -0.39 is 5.97 Å². The molecule has 26 heavy (non-hydrogen) atoms. The Labute approximate surface area is 156 Å². The maximum atomic E-state index is 11.0. The standard InChI is InChI=1S/C23H18O2S/c1-14-3-4-15(2)20-13-18(9-10-19(14)20)22-12-11-21(26-22)16-5-7-17(8-6-16)23(24)25/h3-13H,1-2H3,(H,24,25). The van der Waals surface area contributed by atoms with Crippen LogP contribution in [0.2, 0.25) is 0 Å². The molecule has 0 atom stereocenters. The molecule has 0 saturated carbocycles. The number of rotatable bonds is 3. The molecule has 0 saturated heterocycles. The first-order valence-corrected chi connectivity index (χ1v) is 9.28. The molecule has 1 aromatic heterocycles. The van der Waals surface area contributed by atoms with Crippen molar-refractivity contribution < 1.29 is 9.90 Å². The Hall–Kier alpha value is -2.91. The highest BCUT2D eigenvalue weighted by atomic mass is 32.1. The SMILES string of the molecule is Cc1ccc(C)c2cc(-c3ccc(-c4ccc(C(=O)O)cc4)s3)ccc12. The van der Waals surface area contributed by atoms with E-state index in [1.165, 1.54) is 32.3 Å². The smallest absolute Gasteiger partial charge is 0.335 e. The molecule has 1 N–H and O–H groups in total. The van der Waals surface area contributed by atoms with Crippen molar-refractivity contribution in [2.75, 3.05) is 0 Å². The summed E-state index contributed by atoms with van der Waals surface area (Å²) in [6.45, 7) is 4.29. The first-order chi connectivity index (χ1) is 12.5. The molecular weight excluding hydrogens is 340 g/mol. The van der Waals surface area contributed by atoms with Crippen molar-refractivity contribution in [1.82, 2.24) is 0 Å². The molecule has 0 amide bonds. The van der Waals surface area contributed by atoms with Crippen LogP contribution in [0.5, 0.6) is 0 Å². The molecule has 0 unspecified atom stereocenters. The van der Waals surface area contributed by atoms with Crippen LogP contribution in [0.25, 0.3) is 31.7 Å². The van der Waals surface area contributed by atoms with Gasteiger partial charge in [0.2, 0.25) is 0 Å². The molecule has 4 rings (SSSR count). The van der Waals surface area contributed by atoms with E-state index in [1.807, 2.05) is 12.1 Å². The molecule has 0 fully saturated rings. The summed E-state index contributed by atoms with van der Waals surface area (Å²) in [5.74, 6) is -0.898. The van der Waals surface area contributed by atoms with Gasteiger partial charge in [-0.05, 0) is 77.2 Å². The maximum absolute atomic E-state index is 11.0. The van der Waals surface area contributed by atoms with Crippen molar-refractivity contribution in [2.24, 2.45) is 0 Å². The highest BCUT2D eigenvalue weighted by Crippen LogP contribution is 2.36. The van der Waals surface area contributed by atoms with E-state index >= 15 is 0 Å². The quantitative estimate of drug-likeness (QED) is 0.451. The van der Waals surface area contributed by atoms with E-state index in [1.54, 1.807) is 23.5 Å². The minimum atomic E-state index is -0.898. The summed E-state index contributed by atoms with van der Waals surface area (Å²) in [6.07, 6.45) is 0. The number of carbonyl (C=O) groups is 1. The number of aromatic carboxylic acids is 1. The second kappa shape index (κ2) is 6.43. The zero-order valence-corrected chi connectivity index (χ0v) is 15.4. The third kappa shape index (κ3) is 2.91. The zero-order chi connectivity index (χ0) is 18.3. The van der Waals surface area contributed by atoms with E-state index in [0.29, 0.717) is 5.56 Å². The van der Waals surface area contributed by atoms with Crippen LogP contribution in [0.1, 0.15) is 21.5 Å². The molecule has 0 radical (unpaired) electrons. The van der Waals surface area contributed by atoms with Crippen LogP contribution in [0.4, 0.5) is 0 Å². The summed E-state index contributed by atoms with van der Waals surface area (Å²) < 4.78 is 0. The van der Waals surface area contributed by atoms with Gasteiger partial charge in [-0.1, -0.05) is 36.4 Å². The van der Waals surface area contributed by atoms with E-state index in [-0.39, 0.29) is 0 Å². The van der Waals surface area contributed by atoms with Gasteiger partial charge in [0, 0.05) is 9.75 Å². The van der Waals surface area contributed by atoms with Crippen LogP contribution in [0, 0.1) is 13.8 Å². The fourth-order valence-corrected chi connectivity index (χ4v) is 4.23. The first kappa shape index (κ1) is 16.6. The lowest BCUT2D eigenvalue weighted by Crippen LogP contribution is -1.94. The number of carboxylic acid groups (broad SMARTS) is 1. The summed E-state index contributed by atoms with van der Waals surface area (Å²) in [4.78, 5) is 13.3. The van der Waals surface area contributed by atoms with Gasteiger partial charge in [0.05, 0.1) is 5.56 Å². The van der Waals surface area contributed by atoms with Crippen LogP contribution in [0.15, 0.2) is 66.7 Å². The van der Waals surface area contributed by atoms with Gasteiger partial charge in [-0.15, -0.1) is 11.3 Å². The molecule has 0 aliphatic carbocycles. The molecule has 0 aliphatic rings. The Balaban J connectivity index is 1.73. The predicted octanol–water partition coefficient (Wildman–Crippen LogP) is 6.55. The van der Waals surface area contributed by atoms with Gasteiger partial charge in [0.25, 0.3) is 0 Å². The number of thiophene rings is 1. The number of carboxylic acids is 1. The minimum absolute atomic E-state index is 0.311. The summed E-state index contributed by atoms with van der Waals surface area (Å²) in [5.41, 5.74) is 5.14. The van der Waals surface area contributed by atoms with Gasteiger partial charge in [-0.3, -0.25) is 0 Å². The van der Waals surface area contributed by atoms with Gasteiger partial charge < -0.3 is 5.11 Å². The Morgan fingerprint density at radius 2 is 1.31 bits per heavy atom. The molecule has 3 aromatic carbocycles. The van der Waals surface area contributed by atoms with Crippen molar-refractivity contribution in [1.29, 1.82) is 0 Å². The van der Waals surface area contributed by atoms with Gasteiger partial charge >= 0.3 is 5.97 Å². The monoisotopic (exact) mass is 358 g/mol. The number of benzene rings is 3. The fraction of sp³-hybridized carbons (Fsp3) is 0.0870. The van der Waals surface area contributed by atoms with Crippen molar-refractivity contribution in [3.8, 4) is 20.9 Å². The van der Waals surface area contributed by atoms with Crippen LogP contribution in [-0.4, -0.2) is 11.1 Å². The highest BCUT2D eigenvalue weighted by Gasteiger charge is 2.09. The zero-order valence-electron chi connectivity index (χ0n) is 14.6. The number of fused-ring (bicyclic) bond motifs is 1. The number of hydrogen-bond acceptors (Lipinski definition) is 2. The van der Waals surface area contributed by atoms with Crippen LogP contribution < -0.4 is 0 Å². The average molecular weight is 358 g/mol. The normalized spacial score (nSPS) is 11.0. The maximum Gasteiger partial charge on any atom is 0.335 e. The van der Waals surface area contributed by atoms with Gasteiger partial charge in [-0.2, -0.15) is 0 Å². The van der Waals surface area contributed by atoms with Gasteiger partial charge in [0.15, 0.2) is 0 Å². The summed E-state index contributed by atoms with van der Waals surface area (Å²) >= 11 is 1.72. The third-order valence-corrected chi connectivity index (χ3v) is 5.94. The largest absolute Gasteiger partial charge is 0.478 e. The van der Waals surface area contributed by atoms with E-state index in [4.69, 9.17) is 5.11 Å². The average Bonchev–Trinajstić information content (AvgIpc) is 3.15. The molecule has 1 heterocycles. The highest BCUT2D eigenvalue weighted by molar-refractivity contribution is 7.18. The first-order valence-electron chi connectivity index (χ1n) is 8.47. The summed E-state index contributed by atoms with van der Waals surface area (Å²) in [6, 6.07) is 22.3. The second-order valence-electron chi connectivity index (χ2n) is 6.51. The van der Waals surface area contributed by atoms with E-state index in [2.05, 4.69) is 56.3 Å². The van der Waals surface area contributed by atoms with Crippen molar-refractivity contribution >= 4 is 28.1 Å². The summed E-state index contributed by atoms with van der Waals surface area (Å²) in [5, 5.41) is 11.6. The van der Waals surface area contributed by atoms with E-state index in [0.717, 1.165) is 10.4 Å². The fourth-order valence-electron chi connectivity index (χ4n) is 3.22. The number of aryl methyl sites for hydroxylation is 2. The number of hydrogen-bond donors (Lipinski definition) is 1. The van der Waals surface area contributed by atoms with E-state index in [9.17, 15) is 4.79 Å². The topological polar surface area (TPSA) is 37.3 Å². The minimum Gasteiger partial charge on any atom is -0.478 e. The lowest BCUT2D eigenvalue weighted by molar-refractivity contribution is 0.0697. The predicted molar refractivity (Wildman–Crippen MR) is 109 cm³/mol. The Bertz CT molecular complexity index is 1120. The molecule has 0 bridgehead atoms. The molecule has 0 spiro atoms. The Morgan fingerprint density at radius 1 is 0.731 bits per heavy atom. The molecular formula is C23H18O2S. The summed E-state index contributed by atoms with van der Waals surface area (Å²) in [7, 11) is 0. The third-order valence-electron chi connectivity index (χ3n) is 4.76. The molecule has 3 heteroatoms. The molecule has 0 aliphatic heterocycles. The van der Waals surface area contributed by atoms with Gasteiger partial charge in [0.1, 0.15) is 0 Å². The molecule has 4 aromatic rings.